The lowest BCUT2D eigenvalue weighted by Gasteiger charge is -2.05. The van der Waals surface area contributed by atoms with Crippen molar-refractivity contribution < 1.29 is 9.13 Å². The molecule has 0 saturated heterocycles. The second-order valence-electron chi connectivity index (χ2n) is 4.42. The molecule has 0 aliphatic carbocycles. The summed E-state index contributed by atoms with van der Waals surface area (Å²) in [6.45, 7) is 3.78. The van der Waals surface area contributed by atoms with Crippen molar-refractivity contribution in [3.05, 3.63) is 47.5 Å². The van der Waals surface area contributed by atoms with E-state index in [0.29, 0.717) is 18.7 Å². The molecular weight excluding hydrogens is 245 g/mol. The molecule has 0 bridgehead atoms. The van der Waals surface area contributed by atoms with Crippen LogP contribution in [0.2, 0.25) is 0 Å². The van der Waals surface area contributed by atoms with E-state index in [9.17, 15) is 4.39 Å². The molecule has 0 aliphatic rings. The third-order valence-electron chi connectivity index (χ3n) is 2.88. The fraction of sp³-hybridized carbons (Fsp3) is 0.357. The number of nitrogens with zero attached hydrogens (tertiary/aromatic N) is 2. The predicted octanol–water partition coefficient (Wildman–Crippen LogP) is 2.59. The van der Waals surface area contributed by atoms with Crippen molar-refractivity contribution in [2.24, 2.45) is 0 Å². The molecular formula is C14H18FN3O. The monoisotopic (exact) mass is 263 g/mol. The predicted molar refractivity (Wildman–Crippen MR) is 72.6 cm³/mol. The first-order chi connectivity index (χ1) is 9.19. The number of nitrogens with one attached hydrogen (secondary N) is 1. The zero-order valence-electron chi connectivity index (χ0n) is 11.2. The van der Waals surface area contributed by atoms with Gasteiger partial charge in [-0.25, -0.2) is 4.39 Å². The highest BCUT2D eigenvalue weighted by Gasteiger charge is 2.01. The number of methoxy groups -OCH3 is 1. The molecule has 0 atom stereocenters. The van der Waals surface area contributed by atoms with Gasteiger partial charge in [0.05, 0.1) is 25.0 Å². The molecule has 2 rings (SSSR count). The summed E-state index contributed by atoms with van der Waals surface area (Å²) < 4.78 is 20.0. The van der Waals surface area contributed by atoms with Crippen LogP contribution in [0.3, 0.4) is 0 Å². The van der Waals surface area contributed by atoms with Gasteiger partial charge in [-0.3, -0.25) is 4.68 Å². The van der Waals surface area contributed by atoms with Crippen LogP contribution in [-0.2, 0) is 17.8 Å². The highest BCUT2D eigenvalue weighted by atomic mass is 19.1. The Labute approximate surface area is 112 Å². The minimum atomic E-state index is -0.170. The lowest BCUT2D eigenvalue weighted by Crippen LogP contribution is -2.04. The van der Waals surface area contributed by atoms with Crippen molar-refractivity contribution in [2.75, 3.05) is 19.0 Å². The van der Waals surface area contributed by atoms with Crippen LogP contribution in [0.4, 0.5) is 10.1 Å². The summed E-state index contributed by atoms with van der Waals surface area (Å²) >= 11 is 0. The summed E-state index contributed by atoms with van der Waals surface area (Å²) in [4.78, 5) is 0. The molecule has 102 valence electrons. The third kappa shape index (κ3) is 3.79. The number of ether oxygens (including phenoxy) is 1. The van der Waals surface area contributed by atoms with Gasteiger partial charge in [0.2, 0.25) is 0 Å². The smallest absolute Gasteiger partial charge is 0.126 e. The molecule has 1 aromatic carbocycles. The minimum absolute atomic E-state index is 0.170. The molecule has 1 heterocycles. The molecule has 0 aliphatic heterocycles. The Balaban J connectivity index is 1.91. The van der Waals surface area contributed by atoms with Gasteiger partial charge in [0.1, 0.15) is 5.82 Å². The van der Waals surface area contributed by atoms with Crippen LogP contribution in [0.25, 0.3) is 0 Å². The topological polar surface area (TPSA) is 39.1 Å². The van der Waals surface area contributed by atoms with Crippen LogP contribution in [0.15, 0.2) is 30.6 Å². The van der Waals surface area contributed by atoms with E-state index >= 15 is 0 Å². The molecule has 0 spiro atoms. The lowest BCUT2D eigenvalue weighted by molar-refractivity contribution is 0.183. The molecule has 5 heteroatoms. The molecule has 0 saturated carbocycles. The van der Waals surface area contributed by atoms with Crippen molar-refractivity contribution in [1.82, 2.24) is 9.78 Å². The van der Waals surface area contributed by atoms with Crippen LogP contribution in [0, 0.1) is 12.7 Å². The van der Waals surface area contributed by atoms with Crippen LogP contribution >= 0.6 is 0 Å². The van der Waals surface area contributed by atoms with E-state index < -0.39 is 0 Å². The summed E-state index contributed by atoms with van der Waals surface area (Å²) in [5.41, 5.74) is 2.65. The Hall–Kier alpha value is -1.88. The maximum atomic E-state index is 13.1. The number of benzene rings is 1. The van der Waals surface area contributed by atoms with Crippen molar-refractivity contribution in [2.45, 2.75) is 20.0 Å². The van der Waals surface area contributed by atoms with Crippen molar-refractivity contribution >= 4 is 5.69 Å². The Morgan fingerprint density at radius 1 is 1.42 bits per heavy atom. The zero-order valence-corrected chi connectivity index (χ0v) is 11.2. The molecule has 0 unspecified atom stereocenters. The highest BCUT2D eigenvalue weighted by molar-refractivity contribution is 5.39. The van der Waals surface area contributed by atoms with E-state index in [0.717, 1.165) is 17.8 Å². The minimum Gasteiger partial charge on any atom is -0.383 e. The summed E-state index contributed by atoms with van der Waals surface area (Å²) in [5.74, 6) is -0.170. The standard InChI is InChI=1S/C14H18FN3O/c1-11-7-12(3-4-14(11)15)8-16-13-9-17-18(10-13)5-6-19-2/h3-4,7,9-10,16H,5-6,8H2,1-2H3. The quantitative estimate of drug-likeness (QED) is 0.870. The molecule has 0 fully saturated rings. The molecule has 19 heavy (non-hydrogen) atoms. The van der Waals surface area contributed by atoms with E-state index in [1.54, 1.807) is 26.3 Å². The number of rotatable bonds is 6. The van der Waals surface area contributed by atoms with E-state index in [2.05, 4.69) is 10.4 Å². The van der Waals surface area contributed by atoms with Gasteiger partial charge in [-0.2, -0.15) is 5.10 Å². The number of anilines is 1. The van der Waals surface area contributed by atoms with Gasteiger partial charge < -0.3 is 10.1 Å². The van der Waals surface area contributed by atoms with Gasteiger partial charge in [0, 0.05) is 19.9 Å². The van der Waals surface area contributed by atoms with Gasteiger partial charge in [-0.05, 0) is 24.1 Å². The first-order valence-corrected chi connectivity index (χ1v) is 6.19. The van der Waals surface area contributed by atoms with Crippen LogP contribution in [0.1, 0.15) is 11.1 Å². The van der Waals surface area contributed by atoms with E-state index in [1.807, 2.05) is 16.9 Å². The molecule has 2 aromatic rings. The first-order valence-electron chi connectivity index (χ1n) is 6.19. The third-order valence-corrected chi connectivity index (χ3v) is 2.88. The molecule has 4 nitrogen and oxygen atoms in total. The highest BCUT2D eigenvalue weighted by Crippen LogP contribution is 2.12. The van der Waals surface area contributed by atoms with Crippen molar-refractivity contribution in [3.8, 4) is 0 Å². The van der Waals surface area contributed by atoms with Gasteiger partial charge in [-0.15, -0.1) is 0 Å². The normalized spacial score (nSPS) is 10.7. The summed E-state index contributed by atoms with van der Waals surface area (Å²) in [6, 6.07) is 5.12. The fourth-order valence-electron chi connectivity index (χ4n) is 1.78. The van der Waals surface area contributed by atoms with Crippen LogP contribution in [-0.4, -0.2) is 23.5 Å². The van der Waals surface area contributed by atoms with Gasteiger partial charge in [-0.1, -0.05) is 12.1 Å². The van der Waals surface area contributed by atoms with E-state index in [1.165, 1.54) is 6.07 Å². The number of hydrogen-bond donors (Lipinski definition) is 1. The number of aryl methyl sites for hydroxylation is 1. The molecule has 1 aromatic heterocycles. The lowest BCUT2D eigenvalue weighted by atomic mass is 10.1. The largest absolute Gasteiger partial charge is 0.383 e. The maximum Gasteiger partial charge on any atom is 0.126 e. The number of aromatic nitrogens is 2. The first kappa shape index (κ1) is 13.5. The Kier molecular flexibility index (Phi) is 4.52. The second-order valence-corrected chi connectivity index (χ2v) is 4.42. The Morgan fingerprint density at radius 2 is 2.26 bits per heavy atom. The fourth-order valence-corrected chi connectivity index (χ4v) is 1.78. The number of hydrogen-bond acceptors (Lipinski definition) is 3. The Bertz CT molecular complexity index is 539. The summed E-state index contributed by atoms with van der Waals surface area (Å²) in [7, 11) is 1.67. The Morgan fingerprint density at radius 3 is 3.00 bits per heavy atom. The van der Waals surface area contributed by atoms with E-state index in [-0.39, 0.29) is 5.82 Å². The molecule has 0 radical (unpaired) electrons. The second kappa shape index (κ2) is 6.33. The van der Waals surface area contributed by atoms with Crippen LogP contribution in [0.5, 0.6) is 0 Å². The maximum absolute atomic E-state index is 13.1. The van der Waals surface area contributed by atoms with E-state index in [4.69, 9.17) is 4.74 Å². The van der Waals surface area contributed by atoms with Crippen molar-refractivity contribution in [3.63, 3.8) is 0 Å². The summed E-state index contributed by atoms with van der Waals surface area (Å²) in [6.07, 6.45) is 3.70. The van der Waals surface area contributed by atoms with Gasteiger partial charge in [0.25, 0.3) is 0 Å². The average molecular weight is 263 g/mol. The van der Waals surface area contributed by atoms with Gasteiger partial charge in [0.15, 0.2) is 0 Å². The number of halogens is 1. The average Bonchev–Trinajstić information content (AvgIpc) is 2.86. The molecule has 0 amide bonds. The van der Waals surface area contributed by atoms with Crippen molar-refractivity contribution in [1.29, 1.82) is 0 Å². The molecule has 1 N–H and O–H groups in total. The van der Waals surface area contributed by atoms with Crippen LogP contribution < -0.4 is 5.32 Å². The van der Waals surface area contributed by atoms with Gasteiger partial charge >= 0.3 is 0 Å². The zero-order chi connectivity index (χ0) is 13.7. The SMILES string of the molecule is COCCn1cc(NCc2ccc(F)c(C)c2)cn1. The summed E-state index contributed by atoms with van der Waals surface area (Å²) in [5, 5.41) is 7.47.